The first-order valence-corrected chi connectivity index (χ1v) is 3.26. The van der Waals surface area contributed by atoms with Crippen molar-refractivity contribution in [3.8, 4) is 0 Å². The summed E-state index contributed by atoms with van der Waals surface area (Å²) in [6, 6.07) is 0. The highest BCUT2D eigenvalue weighted by atomic mass is 16.1. The molecule has 10 heavy (non-hydrogen) atoms. The van der Waals surface area contributed by atoms with Gasteiger partial charge >= 0.3 is 0 Å². The summed E-state index contributed by atoms with van der Waals surface area (Å²) in [5.41, 5.74) is 0. The topological polar surface area (TPSA) is 58.0 Å². The van der Waals surface area contributed by atoms with Crippen molar-refractivity contribution in [3.63, 3.8) is 0 Å². The maximum absolute atomic E-state index is 10.7. The second kappa shape index (κ2) is 2.73. The number of hydrogen-bond acceptors (Lipinski definition) is 3. The van der Waals surface area contributed by atoms with E-state index in [2.05, 4.69) is 0 Å². The van der Waals surface area contributed by atoms with Crippen molar-refractivity contribution in [3.05, 3.63) is 0 Å². The predicted octanol–water partition coefficient (Wildman–Crippen LogP) is 0.574. The number of nitrogens with one attached hydrogen (secondary N) is 1. The monoisotopic (exact) mass is 139 g/mol. The Morgan fingerprint density at radius 2 is 1.80 bits per heavy atom. The predicted molar refractivity (Wildman–Crippen MR) is 36.1 cm³/mol. The van der Waals surface area contributed by atoms with Crippen LogP contribution < -0.4 is 0 Å². The molecule has 0 aromatic carbocycles. The van der Waals surface area contributed by atoms with Crippen LogP contribution in [0.1, 0.15) is 19.3 Å². The Morgan fingerprint density at radius 1 is 1.30 bits per heavy atom. The summed E-state index contributed by atoms with van der Waals surface area (Å²) < 4.78 is 0. The average molecular weight is 139 g/mol. The molecule has 3 heteroatoms. The number of carbonyl (C=O) groups is 2. The fourth-order valence-electron chi connectivity index (χ4n) is 1.14. The summed E-state index contributed by atoms with van der Waals surface area (Å²) in [4.78, 5) is 21.4. The molecule has 0 saturated heterocycles. The van der Waals surface area contributed by atoms with Crippen molar-refractivity contribution in [1.82, 2.24) is 0 Å². The largest absolute Gasteiger partial charge is 0.313 e. The minimum atomic E-state index is -0.117. The summed E-state index contributed by atoms with van der Waals surface area (Å²) in [7, 11) is 0. The van der Waals surface area contributed by atoms with Crippen molar-refractivity contribution < 1.29 is 9.59 Å². The fraction of sp³-hybridized carbons (Fsp3) is 0.571. The van der Waals surface area contributed by atoms with E-state index >= 15 is 0 Å². The van der Waals surface area contributed by atoms with Gasteiger partial charge in [0, 0.05) is 18.8 Å². The van der Waals surface area contributed by atoms with Crippen LogP contribution in [0.2, 0.25) is 0 Å². The van der Waals surface area contributed by atoms with E-state index in [1.807, 2.05) is 0 Å². The van der Waals surface area contributed by atoms with Crippen LogP contribution in [0, 0.1) is 11.3 Å². The summed E-state index contributed by atoms with van der Waals surface area (Å²) in [6.07, 6.45) is 2.05. The van der Waals surface area contributed by atoms with E-state index in [0.717, 1.165) is 0 Å². The molecule has 1 saturated carbocycles. The van der Waals surface area contributed by atoms with E-state index in [1.54, 1.807) is 0 Å². The Morgan fingerprint density at radius 3 is 2.20 bits per heavy atom. The lowest BCUT2D eigenvalue weighted by molar-refractivity contribution is -0.130. The Hall–Kier alpha value is -0.990. The molecular formula is C7H9NO2. The lowest BCUT2D eigenvalue weighted by Gasteiger charge is -2.14. The van der Waals surface area contributed by atoms with Crippen LogP contribution in [0.5, 0.6) is 0 Å². The first kappa shape index (κ1) is 7.12. The van der Waals surface area contributed by atoms with Crippen molar-refractivity contribution >= 4 is 17.8 Å². The molecule has 1 fully saturated rings. The SMILES string of the molecule is N=CC1CC(=O)CC(=O)C1. The molecule has 0 atom stereocenters. The van der Waals surface area contributed by atoms with Crippen LogP contribution in [0.15, 0.2) is 0 Å². The van der Waals surface area contributed by atoms with E-state index in [1.165, 1.54) is 6.21 Å². The van der Waals surface area contributed by atoms with Crippen molar-refractivity contribution in [1.29, 1.82) is 5.41 Å². The number of ketones is 2. The highest BCUT2D eigenvalue weighted by Crippen LogP contribution is 2.15. The van der Waals surface area contributed by atoms with Crippen LogP contribution >= 0.6 is 0 Å². The van der Waals surface area contributed by atoms with E-state index in [-0.39, 0.29) is 23.9 Å². The first-order chi connectivity index (χ1) is 4.72. The molecule has 0 amide bonds. The van der Waals surface area contributed by atoms with Gasteiger partial charge in [0.1, 0.15) is 11.6 Å². The molecule has 0 aromatic rings. The normalized spacial score (nSPS) is 21.2. The Kier molecular flexibility index (Phi) is 1.94. The van der Waals surface area contributed by atoms with Crippen LogP contribution in [0.3, 0.4) is 0 Å². The summed E-state index contributed by atoms with van der Waals surface area (Å²) >= 11 is 0. The maximum Gasteiger partial charge on any atom is 0.140 e. The Labute approximate surface area is 58.9 Å². The van der Waals surface area contributed by atoms with Crippen LogP contribution in [-0.4, -0.2) is 17.8 Å². The molecule has 1 aliphatic carbocycles. The van der Waals surface area contributed by atoms with Gasteiger partial charge in [0.05, 0.1) is 6.42 Å². The third kappa shape index (κ3) is 1.50. The number of Topliss-reactive ketones (excluding diaryl/α,β-unsaturated/α-hetero) is 2. The van der Waals surface area contributed by atoms with E-state index < -0.39 is 0 Å². The van der Waals surface area contributed by atoms with Gasteiger partial charge in [0.25, 0.3) is 0 Å². The van der Waals surface area contributed by atoms with Crippen molar-refractivity contribution in [2.75, 3.05) is 0 Å². The van der Waals surface area contributed by atoms with E-state index in [9.17, 15) is 9.59 Å². The molecule has 0 bridgehead atoms. The zero-order chi connectivity index (χ0) is 7.56. The molecule has 54 valence electrons. The summed E-state index contributed by atoms with van der Waals surface area (Å²) in [5, 5.41) is 6.85. The Bertz CT molecular complexity index is 170. The van der Waals surface area contributed by atoms with E-state index in [0.29, 0.717) is 12.8 Å². The van der Waals surface area contributed by atoms with Gasteiger partial charge in [-0.3, -0.25) is 9.59 Å². The minimum absolute atomic E-state index is 0.0234. The van der Waals surface area contributed by atoms with Gasteiger partial charge in [-0.1, -0.05) is 0 Å². The van der Waals surface area contributed by atoms with Crippen molar-refractivity contribution in [2.45, 2.75) is 19.3 Å². The molecule has 3 nitrogen and oxygen atoms in total. The molecule has 0 radical (unpaired) electrons. The van der Waals surface area contributed by atoms with Gasteiger partial charge < -0.3 is 5.41 Å². The van der Waals surface area contributed by atoms with Gasteiger partial charge in [-0.2, -0.15) is 0 Å². The molecule has 0 aromatic heterocycles. The number of carbonyl (C=O) groups excluding carboxylic acids is 2. The molecule has 0 unspecified atom stereocenters. The summed E-state index contributed by atoms with van der Waals surface area (Å²) in [6.45, 7) is 0. The van der Waals surface area contributed by atoms with Crippen LogP contribution in [0.25, 0.3) is 0 Å². The van der Waals surface area contributed by atoms with Crippen molar-refractivity contribution in [2.24, 2.45) is 5.92 Å². The lowest BCUT2D eigenvalue weighted by atomic mass is 9.88. The van der Waals surface area contributed by atoms with Gasteiger partial charge in [-0.05, 0) is 6.21 Å². The highest BCUT2D eigenvalue weighted by Gasteiger charge is 2.23. The number of rotatable bonds is 1. The quantitative estimate of drug-likeness (QED) is 0.426. The number of hydrogen-bond donors (Lipinski definition) is 1. The van der Waals surface area contributed by atoms with E-state index in [4.69, 9.17) is 5.41 Å². The maximum atomic E-state index is 10.7. The molecule has 0 heterocycles. The van der Waals surface area contributed by atoms with Gasteiger partial charge in [-0.15, -0.1) is 0 Å². The molecule has 1 rings (SSSR count). The molecule has 1 N–H and O–H groups in total. The standard InChI is InChI=1S/C7H9NO2/c8-4-5-1-6(9)3-7(10)2-5/h4-5,8H,1-3H2. The van der Waals surface area contributed by atoms with Crippen LogP contribution in [0.4, 0.5) is 0 Å². The molecule has 1 aliphatic rings. The summed E-state index contributed by atoms with van der Waals surface area (Å²) in [5.74, 6) is -0.164. The van der Waals surface area contributed by atoms with Gasteiger partial charge in [0.15, 0.2) is 0 Å². The lowest BCUT2D eigenvalue weighted by Crippen LogP contribution is -2.23. The minimum Gasteiger partial charge on any atom is -0.313 e. The Balaban J connectivity index is 2.58. The fourth-order valence-corrected chi connectivity index (χ4v) is 1.14. The highest BCUT2D eigenvalue weighted by molar-refractivity contribution is 6.03. The third-order valence-electron chi connectivity index (χ3n) is 1.61. The second-order valence-electron chi connectivity index (χ2n) is 2.59. The average Bonchev–Trinajstić information content (AvgIpc) is 1.85. The molecule has 0 aliphatic heterocycles. The molecular weight excluding hydrogens is 130 g/mol. The second-order valence-corrected chi connectivity index (χ2v) is 2.59. The molecule has 0 spiro atoms. The van der Waals surface area contributed by atoms with Crippen LogP contribution in [-0.2, 0) is 9.59 Å². The zero-order valence-electron chi connectivity index (χ0n) is 5.59. The zero-order valence-corrected chi connectivity index (χ0v) is 5.59. The first-order valence-electron chi connectivity index (χ1n) is 3.26. The smallest absolute Gasteiger partial charge is 0.140 e. The van der Waals surface area contributed by atoms with Gasteiger partial charge in [0.2, 0.25) is 0 Å². The van der Waals surface area contributed by atoms with Gasteiger partial charge in [-0.25, -0.2) is 0 Å². The third-order valence-corrected chi connectivity index (χ3v) is 1.61.